The minimum absolute atomic E-state index is 0.104. The van der Waals surface area contributed by atoms with Crippen LogP contribution in [0, 0.1) is 0 Å². The second-order valence-corrected chi connectivity index (χ2v) is 6.58. The molecule has 8 nitrogen and oxygen atoms in total. The van der Waals surface area contributed by atoms with Gasteiger partial charge in [0, 0.05) is 6.20 Å². The van der Waals surface area contributed by atoms with Crippen molar-refractivity contribution in [3.05, 3.63) is 72.7 Å². The van der Waals surface area contributed by atoms with E-state index in [2.05, 4.69) is 53.9 Å². The van der Waals surface area contributed by atoms with E-state index in [1.54, 1.807) is 12.5 Å². The molecule has 0 aliphatic heterocycles. The van der Waals surface area contributed by atoms with Crippen molar-refractivity contribution in [2.24, 2.45) is 0 Å². The van der Waals surface area contributed by atoms with Crippen molar-refractivity contribution in [1.82, 2.24) is 34.5 Å². The molecule has 4 heterocycles. The van der Waals surface area contributed by atoms with Crippen molar-refractivity contribution in [2.75, 3.05) is 5.32 Å². The summed E-state index contributed by atoms with van der Waals surface area (Å²) in [6, 6.07) is 14.1. The number of rotatable bonds is 5. The number of aromatic nitrogens is 7. The number of hydrogen-bond acceptors (Lipinski definition) is 6. The van der Waals surface area contributed by atoms with Gasteiger partial charge in [-0.1, -0.05) is 30.3 Å². The number of imidazole rings is 2. The lowest BCUT2D eigenvalue weighted by Gasteiger charge is -2.16. The minimum Gasteiger partial charge on any atom is -0.358 e. The summed E-state index contributed by atoms with van der Waals surface area (Å²) < 4.78 is 2.14. The third-order valence-corrected chi connectivity index (χ3v) is 4.67. The number of pyridine rings is 1. The van der Waals surface area contributed by atoms with Crippen LogP contribution < -0.4 is 5.32 Å². The second kappa shape index (κ2) is 6.73. The fourth-order valence-electron chi connectivity index (χ4n) is 3.37. The Balaban J connectivity index is 1.56. The van der Waals surface area contributed by atoms with E-state index in [1.165, 1.54) is 11.9 Å². The number of fused-ring (bicyclic) bond motifs is 2. The Labute approximate surface area is 160 Å². The molecule has 1 atom stereocenters. The monoisotopic (exact) mass is 370 g/mol. The van der Waals surface area contributed by atoms with Crippen LogP contribution in [0.5, 0.6) is 0 Å². The van der Waals surface area contributed by atoms with Crippen LogP contribution >= 0.6 is 0 Å². The van der Waals surface area contributed by atoms with E-state index in [0.717, 1.165) is 17.0 Å². The molecule has 0 fully saturated rings. The SMILES string of the molecule is C[C@H](Nc1ncnc2[nH]cnc12)c1nc2cccnc2n1Cc1ccccc1. The van der Waals surface area contributed by atoms with Gasteiger partial charge >= 0.3 is 0 Å². The smallest absolute Gasteiger partial charge is 0.162 e. The van der Waals surface area contributed by atoms with Crippen LogP contribution in [0.1, 0.15) is 24.4 Å². The Hall–Kier alpha value is -3.81. The number of nitrogens with zero attached hydrogens (tertiary/aromatic N) is 6. The zero-order chi connectivity index (χ0) is 18.9. The first kappa shape index (κ1) is 16.4. The van der Waals surface area contributed by atoms with Crippen molar-refractivity contribution in [1.29, 1.82) is 0 Å². The van der Waals surface area contributed by atoms with Crippen LogP contribution in [0.4, 0.5) is 5.82 Å². The average molecular weight is 370 g/mol. The maximum atomic E-state index is 4.84. The molecule has 0 saturated heterocycles. The molecule has 0 unspecified atom stereocenters. The molecule has 0 saturated carbocycles. The van der Waals surface area contributed by atoms with E-state index < -0.39 is 0 Å². The normalized spacial score (nSPS) is 12.5. The minimum atomic E-state index is -0.104. The number of H-pyrrole nitrogens is 1. The molecule has 28 heavy (non-hydrogen) atoms. The highest BCUT2D eigenvalue weighted by Gasteiger charge is 2.19. The highest BCUT2D eigenvalue weighted by molar-refractivity contribution is 5.82. The lowest BCUT2D eigenvalue weighted by molar-refractivity contribution is 0.686. The summed E-state index contributed by atoms with van der Waals surface area (Å²) in [4.78, 5) is 25.3. The molecule has 0 spiro atoms. The van der Waals surface area contributed by atoms with Crippen LogP contribution in [-0.4, -0.2) is 34.5 Å². The van der Waals surface area contributed by atoms with Gasteiger partial charge in [-0.05, 0) is 24.6 Å². The molecule has 8 heteroatoms. The number of hydrogen-bond donors (Lipinski definition) is 2. The molecule has 0 amide bonds. The summed E-state index contributed by atoms with van der Waals surface area (Å²) in [6.07, 6.45) is 4.93. The maximum absolute atomic E-state index is 4.84. The van der Waals surface area contributed by atoms with Crippen molar-refractivity contribution >= 4 is 28.1 Å². The highest BCUT2D eigenvalue weighted by Crippen LogP contribution is 2.25. The molecule has 0 radical (unpaired) electrons. The molecule has 0 bridgehead atoms. The summed E-state index contributed by atoms with van der Waals surface area (Å²) in [5.74, 6) is 1.56. The number of anilines is 1. The molecule has 1 aromatic carbocycles. The summed E-state index contributed by atoms with van der Waals surface area (Å²) in [6.45, 7) is 2.75. The lowest BCUT2D eigenvalue weighted by atomic mass is 10.2. The van der Waals surface area contributed by atoms with E-state index in [9.17, 15) is 0 Å². The van der Waals surface area contributed by atoms with Crippen molar-refractivity contribution in [3.8, 4) is 0 Å². The van der Waals surface area contributed by atoms with Crippen molar-refractivity contribution < 1.29 is 0 Å². The Bertz CT molecular complexity index is 1240. The van der Waals surface area contributed by atoms with Gasteiger partial charge in [-0.2, -0.15) is 0 Å². The topological polar surface area (TPSA) is 97.2 Å². The van der Waals surface area contributed by atoms with E-state index in [4.69, 9.17) is 4.98 Å². The second-order valence-electron chi connectivity index (χ2n) is 6.58. The van der Waals surface area contributed by atoms with E-state index in [-0.39, 0.29) is 6.04 Å². The fraction of sp³-hybridized carbons (Fsp3) is 0.150. The molecule has 5 aromatic rings. The standard InChI is InChI=1S/C20H18N8/c1-13(26-18-16-17(23-11-22-16)24-12-25-18)19-27-15-8-5-9-21-20(15)28(19)10-14-6-3-2-4-7-14/h2-9,11-13H,10H2,1H3,(H2,22,23,24,25,26)/t13-/m0/s1. The first-order valence-corrected chi connectivity index (χ1v) is 9.05. The predicted octanol–water partition coefficient (Wildman–Crippen LogP) is 3.32. The van der Waals surface area contributed by atoms with Crippen molar-refractivity contribution in [3.63, 3.8) is 0 Å². The summed E-state index contributed by atoms with van der Waals surface area (Å²) >= 11 is 0. The fourth-order valence-corrected chi connectivity index (χ4v) is 3.37. The van der Waals surface area contributed by atoms with Crippen LogP contribution in [0.15, 0.2) is 61.3 Å². The quantitative estimate of drug-likeness (QED) is 0.493. The Kier molecular flexibility index (Phi) is 3.93. The molecule has 2 N–H and O–H groups in total. The van der Waals surface area contributed by atoms with Gasteiger partial charge in [-0.3, -0.25) is 0 Å². The zero-order valence-corrected chi connectivity index (χ0v) is 15.2. The van der Waals surface area contributed by atoms with Gasteiger partial charge in [0.05, 0.1) is 18.9 Å². The lowest BCUT2D eigenvalue weighted by Crippen LogP contribution is -2.15. The van der Waals surface area contributed by atoms with Gasteiger partial charge in [-0.15, -0.1) is 0 Å². The Morgan fingerprint density at radius 3 is 2.82 bits per heavy atom. The molecule has 4 aromatic heterocycles. The van der Waals surface area contributed by atoms with Crippen LogP contribution in [-0.2, 0) is 6.54 Å². The van der Waals surface area contributed by atoms with E-state index in [0.29, 0.717) is 23.5 Å². The molecule has 0 aliphatic rings. The van der Waals surface area contributed by atoms with Gasteiger partial charge in [0.15, 0.2) is 17.1 Å². The maximum Gasteiger partial charge on any atom is 0.162 e. The summed E-state index contributed by atoms with van der Waals surface area (Å²) in [5.41, 5.74) is 4.33. The van der Waals surface area contributed by atoms with Gasteiger partial charge in [0.1, 0.15) is 23.2 Å². The largest absolute Gasteiger partial charge is 0.358 e. The molecular weight excluding hydrogens is 352 g/mol. The van der Waals surface area contributed by atoms with E-state index >= 15 is 0 Å². The van der Waals surface area contributed by atoms with Crippen LogP contribution in [0.3, 0.4) is 0 Å². The third-order valence-electron chi connectivity index (χ3n) is 4.67. The first-order chi connectivity index (χ1) is 13.8. The van der Waals surface area contributed by atoms with Crippen molar-refractivity contribution in [2.45, 2.75) is 19.5 Å². The first-order valence-electron chi connectivity index (χ1n) is 9.05. The molecule has 0 aliphatic carbocycles. The average Bonchev–Trinajstić information content (AvgIpc) is 3.35. The molecule has 5 rings (SSSR count). The van der Waals surface area contributed by atoms with Crippen LogP contribution in [0.2, 0.25) is 0 Å². The van der Waals surface area contributed by atoms with Gasteiger partial charge < -0.3 is 14.9 Å². The zero-order valence-electron chi connectivity index (χ0n) is 15.2. The number of benzene rings is 1. The molecular formula is C20H18N8. The number of nitrogens with one attached hydrogen (secondary N) is 2. The third kappa shape index (κ3) is 2.84. The van der Waals surface area contributed by atoms with Gasteiger partial charge in [0.2, 0.25) is 0 Å². The van der Waals surface area contributed by atoms with Gasteiger partial charge in [-0.25, -0.2) is 24.9 Å². The number of aromatic amines is 1. The Morgan fingerprint density at radius 1 is 1.04 bits per heavy atom. The highest BCUT2D eigenvalue weighted by atomic mass is 15.2. The summed E-state index contributed by atoms with van der Waals surface area (Å²) in [5, 5.41) is 3.43. The summed E-state index contributed by atoms with van der Waals surface area (Å²) in [7, 11) is 0. The van der Waals surface area contributed by atoms with E-state index in [1.807, 2.05) is 30.3 Å². The predicted molar refractivity (Wildman–Crippen MR) is 107 cm³/mol. The van der Waals surface area contributed by atoms with Gasteiger partial charge in [0.25, 0.3) is 0 Å². The Morgan fingerprint density at radius 2 is 1.93 bits per heavy atom. The van der Waals surface area contributed by atoms with Crippen LogP contribution in [0.25, 0.3) is 22.3 Å². The molecule has 138 valence electrons.